The lowest BCUT2D eigenvalue weighted by Gasteiger charge is -2.34. The largest absolute Gasteiger partial charge is 0.573 e. The van der Waals surface area contributed by atoms with Crippen molar-refractivity contribution in [2.45, 2.75) is 12.9 Å². The van der Waals surface area contributed by atoms with Gasteiger partial charge in [-0.05, 0) is 30.3 Å². The van der Waals surface area contributed by atoms with Crippen LogP contribution in [-0.2, 0) is 17.8 Å². The molecule has 1 amide bonds. The molecule has 0 aliphatic carbocycles. The van der Waals surface area contributed by atoms with Crippen LogP contribution >= 0.6 is 0 Å². The van der Waals surface area contributed by atoms with Crippen LogP contribution in [-0.4, -0.2) is 69.1 Å². The fourth-order valence-electron chi connectivity index (χ4n) is 3.27. The van der Waals surface area contributed by atoms with E-state index in [1.807, 2.05) is 10.8 Å². The number of nitrogens with zero attached hydrogens (tertiary/aromatic N) is 3. The molecule has 2 aromatic rings. The van der Waals surface area contributed by atoms with Crippen LogP contribution in [0.2, 0.25) is 0 Å². The monoisotopic (exact) mass is 474 g/mol. The summed E-state index contributed by atoms with van der Waals surface area (Å²) in [5.41, 5.74) is 0.375. The fourth-order valence-corrected chi connectivity index (χ4v) is 3.63. The number of hydrogen-bond acceptors (Lipinski definition) is 6. The third-order valence-electron chi connectivity index (χ3n) is 4.75. The van der Waals surface area contributed by atoms with Crippen LogP contribution in [0.15, 0.2) is 36.5 Å². The number of ether oxygens (including phenoxy) is 2. The van der Waals surface area contributed by atoms with Crippen molar-refractivity contribution in [2.75, 3.05) is 38.0 Å². The van der Waals surface area contributed by atoms with Crippen molar-refractivity contribution in [3.63, 3.8) is 0 Å². The number of amides is 1. The number of carbonyl (C=O) groups excluding carboxylic acids is 1. The van der Waals surface area contributed by atoms with E-state index in [4.69, 9.17) is 9.29 Å². The maximum Gasteiger partial charge on any atom is 0.573 e. The first-order valence-electron chi connectivity index (χ1n) is 9.43. The minimum Gasteiger partial charge on any atom is -0.495 e. The Balaban J connectivity index is 1.67. The molecule has 1 aliphatic heterocycles. The number of rotatable bonds is 7. The molecule has 13 heteroatoms. The van der Waals surface area contributed by atoms with E-state index in [9.17, 15) is 22.2 Å². The Morgan fingerprint density at radius 2 is 1.94 bits per heavy atom. The molecule has 0 bridgehead atoms. The molecular formula is C19H21F3N4O5S. The van der Waals surface area contributed by atoms with Crippen LogP contribution in [0.3, 0.4) is 0 Å². The van der Waals surface area contributed by atoms with Gasteiger partial charge in [0.25, 0.3) is 17.2 Å². The molecule has 1 aliphatic rings. The Kier molecular flexibility index (Phi) is 7.53. The summed E-state index contributed by atoms with van der Waals surface area (Å²) in [6.45, 7) is 2.35. The lowest BCUT2D eigenvalue weighted by molar-refractivity contribution is -0.274. The zero-order valence-corrected chi connectivity index (χ0v) is 17.8. The van der Waals surface area contributed by atoms with Crippen LogP contribution < -0.4 is 14.2 Å². The van der Waals surface area contributed by atoms with Crippen LogP contribution in [0, 0.1) is 0 Å². The number of aromatic nitrogens is 1. The lowest BCUT2D eigenvalue weighted by atomic mass is 10.1. The van der Waals surface area contributed by atoms with Crippen molar-refractivity contribution in [3.8, 4) is 11.5 Å². The van der Waals surface area contributed by atoms with E-state index in [-0.39, 0.29) is 11.3 Å². The van der Waals surface area contributed by atoms with Gasteiger partial charge < -0.3 is 14.4 Å². The van der Waals surface area contributed by atoms with Gasteiger partial charge in [0, 0.05) is 44.5 Å². The molecule has 1 atom stereocenters. The molecule has 2 heterocycles. The van der Waals surface area contributed by atoms with Crippen LogP contribution in [0.5, 0.6) is 11.5 Å². The summed E-state index contributed by atoms with van der Waals surface area (Å²) >= 11 is -2.61. The van der Waals surface area contributed by atoms with Gasteiger partial charge in [-0.15, -0.1) is 13.2 Å². The Labute approximate surface area is 184 Å². The number of carbonyl (C=O) groups is 1. The number of piperazine rings is 1. The number of alkyl halides is 3. The maximum absolute atomic E-state index is 12.8. The van der Waals surface area contributed by atoms with Crippen LogP contribution in [0.4, 0.5) is 18.9 Å². The predicted octanol–water partition coefficient (Wildman–Crippen LogP) is 2.50. The fraction of sp³-hybridized carbons (Fsp3) is 0.368. The number of hydrogen-bond donors (Lipinski definition) is 2. The SMILES string of the molecule is COc1cccnc1CN1CCN(C(=O)c2ccc(NS(=O)O)c(OC(F)(F)F)c2)CC1. The number of anilines is 1. The first kappa shape index (κ1) is 23.8. The van der Waals surface area contributed by atoms with Gasteiger partial charge in [-0.2, -0.15) is 0 Å². The van der Waals surface area contributed by atoms with E-state index < -0.39 is 29.3 Å². The molecule has 174 valence electrons. The van der Waals surface area contributed by atoms with Crippen LogP contribution in [0.25, 0.3) is 0 Å². The van der Waals surface area contributed by atoms with Gasteiger partial charge in [0.05, 0.1) is 18.5 Å². The minimum absolute atomic E-state index is 0.0293. The van der Waals surface area contributed by atoms with Gasteiger partial charge in [-0.1, -0.05) is 0 Å². The Bertz CT molecular complexity index is 984. The predicted molar refractivity (Wildman–Crippen MR) is 109 cm³/mol. The number of halogens is 3. The van der Waals surface area contributed by atoms with Gasteiger partial charge >= 0.3 is 6.36 Å². The molecule has 32 heavy (non-hydrogen) atoms. The highest BCUT2D eigenvalue weighted by Crippen LogP contribution is 2.32. The van der Waals surface area contributed by atoms with E-state index in [1.54, 1.807) is 19.4 Å². The van der Waals surface area contributed by atoms with Gasteiger partial charge in [0.2, 0.25) is 0 Å². The zero-order chi connectivity index (χ0) is 23.3. The summed E-state index contributed by atoms with van der Waals surface area (Å²) in [6.07, 6.45) is -3.36. The van der Waals surface area contributed by atoms with Crippen molar-refractivity contribution in [3.05, 3.63) is 47.8 Å². The molecule has 3 rings (SSSR count). The number of benzene rings is 1. The summed E-state index contributed by atoms with van der Waals surface area (Å²) in [4.78, 5) is 20.8. The Hall–Kier alpha value is -2.90. The summed E-state index contributed by atoms with van der Waals surface area (Å²) < 4.78 is 69.1. The van der Waals surface area contributed by atoms with Gasteiger partial charge in [0.15, 0.2) is 5.75 Å². The highest BCUT2D eigenvalue weighted by Gasteiger charge is 2.33. The average Bonchev–Trinajstić information content (AvgIpc) is 2.74. The normalized spacial score (nSPS) is 15.8. The highest BCUT2D eigenvalue weighted by molar-refractivity contribution is 7.80. The van der Waals surface area contributed by atoms with Crippen molar-refractivity contribution in [1.82, 2.24) is 14.8 Å². The first-order chi connectivity index (χ1) is 15.2. The average molecular weight is 474 g/mol. The molecule has 1 aromatic carbocycles. The molecular weight excluding hydrogens is 453 g/mol. The number of pyridine rings is 1. The van der Waals surface area contributed by atoms with Gasteiger partial charge in [-0.3, -0.25) is 24.0 Å². The van der Waals surface area contributed by atoms with E-state index in [0.29, 0.717) is 38.5 Å². The van der Waals surface area contributed by atoms with E-state index in [2.05, 4.69) is 14.6 Å². The Morgan fingerprint density at radius 3 is 2.56 bits per heavy atom. The smallest absolute Gasteiger partial charge is 0.495 e. The van der Waals surface area contributed by atoms with Gasteiger partial charge in [-0.25, -0.2) is 4.21 Å². The van der Waals surface area contributed by atoms with Crippen LogP contribution in [0.1, 0.15) is 16.1 Å². The molecule has 1 unspecified atom stereocenters. The van der Waals surface area contributed by atoms with E-state index in [1.165, 1.54) is 11.0 Å². The molecule has 9 nitrogen and oxygen atoms in total. The second-order valence-corrected chi connectivity index (χ2v) is 7.53. The third kappa shape index (κ3) is 6.31. The quantitative estimate of drug-likeness (QED) is 0.595. The topological polar surface area (TPSA) is 104 Å². The van der Waals surface area contributed by atoms with Gasteiger partial charge in [0.1, 0.15) is 5.75 Å². The van der Waals surface area contributed by atoms with Crippen molar-refractivity contribution in [1.29, 1.82) is 0 Å². The second kappa shape index (κ2) is 10.1. The standard InChI is InChI=1S/C19H21F3N4O5S/c1-30-16-3-2-6-23-15(16)12-25-7-9-26(10-8-25)18(27)13-4-5-14(24-32(28)29)17(11-13)31-19(20,21)22/h2-6,11,24H,7-10,12H2,1H3,(H,28,29). The minimum atomic E-state index is -5.03. The third-order valence-corrected chi connectivity index (χ3v) is 5.15. The molecule has 1 aromatic heterocycles. The van der Waals surface area contributed by atoms with Crippen molar-refractivity contribution >= 4 is 22.9 Å². The second-order valence-electron chi connectivity index (χ2n) is 6.83. The molecule has 2 N–H and O–H groups in total. The maximum atomic E-state index is 12.8. The van der Waals surface area contributed by atoms with Crippen molar-refractivity contribution < 1.29 is 36.2 Å². The molecule has 0 spiro atoms. The molecule has 1 saturated heterocycles. The first-order valence-corrected chi connectivity index (χ1v) is 10.5. The van der Waals surface area contributed by atoms with E-state index >= 15 is 0 Å². The van der Waals surface area contributed by atoms with E-state index in [0.717, 1.165) is 17.8 Å². The Morgan fingerprint density at radius 1 is 1.22 bits per heavy atom. The summed E-state index contributed by atoms with van der Waals surface area (Å²) in [7, 11) is 1.56. The highest BCUT2D eigenvalue weighted by atomic mass is 32.2. The van der Waals surface area contributed by atoms with Crippen molar-refractivity contribution in [2.24, 2.45) is 0 Å². The molecule has 0 radical (unpaired) electrons. The lowest BCUT2D eigenvalue weighted by Crippen LogP contribution is -2.48. The number of nitrogens with one attached hydrogen (secondary N) is 1. The number of methoxy groups -OCH3 is 1. The summed E-state index contributed by atoms with van der Waals surface area (Å²) in [5.74, 6) is -0.573. The summed E-state index contributed by atoms with van der Waals surface area (Å²) in [5, 5.41) is 0. The molecule has 1 fully saturated rings. The zero-order valence-electron chi connectivity index (χ0n) is 17.0. The summed E-state index contributed by atoms with van der Waals surface area (Å²) in [6, 6.07) is 6.84. The molecule has 0 saturated carbocycles.